The van der Waals surface area contributed by atoms with Crippen molar-refractivity contribution in [1.82, 2.24) is 15.1 Å². The lowest BCUT2D eigenvalue weighted by molar-refractivity contribution is 0.0949. The van der Waals surface area contributed by atoms with Gasteiger partial charge >= 0.3 is 0 Å². The molecule has 0 aliphatic carbocycles. The number of sulfonamides is 1. The fourth-order valence-corrected chi connectivity index (χ4v) is 4.71. The largest absolute Gasteiger partial charge is 0.352 e. The predicted molar refractivity (Wildman–Crippen MR) is 130 cm³/mol. The number of hydrogen-bond donors (Lipinski definition) is 1. The molecule has 0 radical (unpaired) electrons. The van der Waals surface area contributed by atoms with E-state index in [2.05, 4.69) is 22.2 Å². The van der Waals surface area contributed by atoms with E-state index in [0.29, 0.717) is 28.4 Å². The highest BCUT2D eigenvalue weighted by Crippen LogP contribution is 2.24. The Balaban J connectivity index is 1.56. The maximum Gasteiger partial charge on any atom is 0.251 e. The quantitative estimate of drug-likeness (QED) is 0.561. The van der Waals surface area contributed by atoms with Crippen molar-refractivity contribution < 1.29 is 13.2 Å². The van der Waals surface area contributed by atoms with E-state index in [1.165, 1.54) is 4.31 Å². The van der Waals surface area contributed by atoms with Gasteiger partial charge in [-0.3, -0.25) is 9.10 Å². The van der Waals surface area contributed by atoms with E-state index in [1.54, 1.807) is 42.5 Å². The highest BCUT2D eigenvalue weighted by Gasteiger charge is 2.19. The summed E-state index contributed by atoms with van der Waals surface area (Å²) in [6.45, 7) is 6.00. The summed E-state index contributed by atoms with van der Waals surface area (Å²) in [5.41, 5.74) is 1.69. The maximum absolute atomic E-state index is 12.5. The molecule has 32 heavy (non-hydrogen) atoms. The minimum atomic E-state index is -3.53. The fraction of sp³-hybridized carbons (Fsp3) is 0.435. The molecule has 0 spiro atoms. The number of benzene rings is 2. The molecule has 0 bridgehead atoms. The average molecular weight is 479 g/mol. The summed E-state index contributed by atoms with van der Waals surface area (Å²) >= 11 is 6.21. The summed E-state index contributed by atoms with van der Waals surface area (Å²) in [6, 6.07) is 13.7. The van der Waals surface area contributed by atoms with Crippen molar-refractivity contribution in [2.75, 3.05) is 56.9 Å². The normalized spacial score (nSPS) is 15.5. The molecule has 3 rings (SSSR count). The minimum absolute atomic E-state index is 0.121. The second kappa shape index (κ2) is 11.1. The summed E-state index contributed by atoms with van der Waals surface area (Å²) in [4.78, 5) is 17.2. The molecule has 1 aliphatic rings. The molecule has 7 nitrogen and oxygen atoms in total. The second-order valence-corrected chi connectivity index (χ2v) is 10.5. The number of hydrogen-bond acceptors (Lipinski definition) is 5. The minimum Gasteiger partial charge on any atom is -0.352 e. The van der Waals surface area contributed by atoms with Crippen LogP contribution >= 0.6 is 11.6 Å². The van der Waals surface area contributed by atoms with Gasteiger partial charge in [0.2, 0.25) is 10.0 Å². The number of carbonyl (C=O) groups excluding carboxylic acids is 1. The summed E-state index contributed by atoms with van der Waals surface area (Å²) < 4.78 is 26.1. The second-order valence-electron chi connectivity index (χ2n) is 8.16. The molecular formula is C23H31ClN4O3S. The molecule has 1 heterocycles. The van der Waals surface area contributed by atoms with E-state index in [9.17, 15) is 13.2 Å². The lowest BCUT2D eigenvalue weighted by Crippen LogP contribution is -2.45. The number of carbonyl (C=O) groups is 1. The number of nitrogens with one attached hydrogen (secondary N) is 1. The van der Waals surface area contributed by atoms with E-state index >= 15 is 0 Å². The molecule has 1 amide bonds. The Labute approximate surface area is 196 Å². The summed E-state index contributed by atoms with van der Waals surface area (Å²) in [5.74, 6) is -0.160. The van der Waals surface area contributed by atoms with Gasteiger partial charge in [-0.2, -0.15) is 0 Å². The average Bonchev–Trinajstić information content (AvgIpc) is 2.76. The molecule has 0 saturated carbocycles. The van der Waals surface area contributed by atoms with Crippen molar-refractivity contribution in [2.24, 2.45) is 0 Å². The van der Waals surface area contributed by atoms with Crippen LogP contribution in [0.2, 0.25) is 5.02 Å². The Kier molecular flexibility index (Phi) is 8.53. The van der Waals surface area contributed by atoms with Gasteiger partial charge in [-0.1, -0.05) is 29.8 Å². The van der Waals surface area contributed by atoms with E-state index in [4.69, 9.17) is 11.6 Å². The first kappa shape index (κ1) is 24.5. The number of rotatable bonds is 9. The van der Waals surface area contributed by atoms with Crippen molar-refractivity contribution in [3.05, 3.63) is 64.7 Å². The van der Waals surface area contributed by atoms with Gasteiger partial charge in [-0.15, -0.1) is 0 Å². The van der Waals surface area contributed by atoms with Crippen LogP contribution in [-0.2, 0) is 16.6 Å². The summed E-state index contributed by atoms with van der Waals surface area (Å²) in [7, 11) is -1.40. The number of likely N-dealkylation sites (N-methyl/N-ethyl adjacent to an activating group) is 1. The van der Waals surface area contributed by atoms with Crippen LogP contribution in [0.3, 0.4) is 0 Å². The van der Waals surface area contributed by atoms with Gasteiger partial charge in [-0.05, 0) is 55.9 Å². The third kappa shape index (κ3) is 6.93. The SMILES string of the molecule is CN1CCN(CCCNC(=O)c2ccc(N(Cc3ccccc3Cl)S(C)(=O)=O)cc2)CC1. The van der Waals surface area contributed by atoms with Crippen LogP contribution in [-0.4, -0.2) is 76.7 Å². The van der Waals surface area contributed by atoms with Crippen LogP contribution in [0.5, 0.6) is 0 Å². The van der Waals surface area contributed by atoms with Gasteiger partial charge in [0.05, 0.1) is 18.5 Å². The van der Waals surface area contributed by atoms with E-state index in [-0.39, 0.29) is 12.5 Å². The van der Waals surface area contributed by atoms with Crippen LogP contribution in [0.4, 0.5) is 5.69 Å². The van der Waals surface area contributed by atoms with Gasteiger partial charge in [-0.25, -0.2) is 8.42 Å². The number of halogens is 1. The smallest absolute Gasteiger partial charge is 0.251 e. The Morgan fingerprint density at radius 2 is 1.72 bits per heavy atom. The monoisotopic (exact) mass is 478 g/mol. The molecule has 1 saturated heterocycles. The maximum atomic E-state index is 12.5. The number of anilines is 1. The zero-order chi connectivity index (χ0) is 23.1. The van der Waals surface area contributed by atoms with Crippen molar-refractivity contribution in [2.45, 2.75) is 13.0 Å². The summed E-state index contributed by atoms with van der Waals surface area (Å²) in [5, 5.41) is 3.46. The van der Waals surface area contributed by atoms with Crippen molar-refractivity contribution >= 4 is 33.2 Å². The molecule has 1 fully saturated rings. The zero-order valence-corrected chi connectivity index (χ0v) is 20.2. The lowest BCUT2D eigenvalue weighted by Gasteiger charge is -2.32. The van der Waals surface area contributed by atoms with Crippen LogP contribution < -0.4 is 9.62 Å². The molecule has 1 N–H and O–H groups in total. The van der Waals surface area contributed by atoms with Gasteiger partial charge in [0.25, 0.3) is 5.91 Å². The third-order valence-electron chi connectivity index (χ3n) is 5.62. The van der Waals surface area contributed by atoms with E-state index < -0.39 is 10.0 Å². The first-order chi connectivity index (χ1) is 15.2. The number of nitrogens with zero attached hydrogens (tertiary/aromatic N) is 3. The molecule has 0 aromatic heterocycles. The standard InChI is InChI=1S/C23H31ClN4O3S/c1-26-14-16-27(17-15-26)13-5-12-25-23(29)19-8-10-21(11-9-19)28(32(2,30)31)18-20-6-3-4-7-22(20)24/h3-4,6-11H,5,12-18H2,1-2H3,(H,25,29). The lowest BCUT2D eigenvalue weighted by atomic mass is 10.1. The van der Waals surface area contributed by atoms with Gasteiger partial charge in [0.15, 0.2) is 0 Å². The molecule has 2 aromatic carbocycles. The molecule has 9 heteroatoms. The zero-order valence-electron chi connectivity index (χ0n) is 18.6. The molecule has 1 aliphatic heterocycles. The van der Waals surface area contributed by atoms with Crippen LogP contribution in [0.15, 0.2) is 48.5 Å². The van der Waals surface area contributed by atoms with E-state index in [0.717, 1.165) is 45.4 Å². The van der Waals surface area contributed by atoms with Crippen LogP contribution in [0.25, 0.3) is 0 Å². The Bertz CT molecular complexity index is 1010. The van der Waals surface area contributed by atoms with Crippen molar-refractivity contribution in [3.63, 3.8) is 0 Å². The van der Waals surface area contributed by atoms with Gasteiger partial charge in [0.1, 0.15) is 0 Å². The number of piperazine rings is 1. The van der Waals surface area contributed by atoms with Crippen LogP contribution in [0.1, 0.15) is 22.3 Å². The molecule has 0 atom stereocenters. The van der Waals surface area contributed by atoms with Gasteiger partial charge < -0.3 is 15.1 Å². The molecule has 0 unspecified atom stereocenters. The molecular weight excluding hydrogens is 448 g/mol. The third-order valence-corrected chi connectivity index (χ3v) is 7.13. The molecule has 2 aromatic rings. The Morgan fingerprint density at radius 1 is 1.06 bits per heavy atom. The van der Waals surface area contributed by atoms with Crippen molar-refractivity contribution in [3.8, 4) is 0 Å². The van der Waals surface area contributed by atoms with Crippen LogP contribution in [0, 0.1) is 0 Å². The highest BCUT2D eigenvalue weighted by molar-refractivity contribution is 7.92. The molecule has 174 valence electrons. The topological polar surface area (TPSA) is 73.0 Å². The fourth-order valence-electron chi connectivity index (χ4n) is 3.64. The van der Waals surface area contributed by atoms with Crippen molar-refractivity contribution in [1.29, 1.82) is 0 Å². The van der Waals surface area contributed by atoms with Gasteiger partial charge in [0, 0.05) is 43.3 Å². The first-order valence-electron chi connectivity index (χ1n) is 10.7. The summed E-state index contributed by atoms with van der Waals surface area (Å²) in [6.07, 6.45) is 2.05. The Hall–Kier alpha value is -2.13. The first-order valence-corrected chi connectivity index (χ1v) is 13.0. The number of amides is 1. The predicted octanol–water partition coefficient (Wildman–Crippen LogP) is 2.67. The Morgan fingerprint density at radius 3 is 2.34 bits per heavy atom. The highest BCUT2D eigenvalue weighted by atomic mass is 35.5. The van der Waals surface area contributed by atoms with E-state index in [1.807, 2.05) is 6.07 Å².